The molecule has 1 N–H and O–H groups in total. The van der Waals surface area contributed by atoms with Crippen LogP contribution in [0, 0.1) is 11.3 Å². The fourth-order valence-corrected chi connectivity index (χ4v) is 2.44. The predicted octanol–water partition coefficient (Wildman–Crippen LogP) is 2.89. The summed E-state index contributed by atoms with van der Waals surface area (Å²) >= 11 is 0. The third-order valence-corrected chi connectivity index (χ3v) is 3.68. The summed E-state index contributed by atoms with van der Waals surface area (Å²) in [5.74, 6) is 0.539. The van der Waals surface area contributed by atoms with Crippen LogP contribution < -0.4 is 0 Å². The largest absolute Gasteiger partial charge is 0.388 e. The van der Waals surface area contributed by atoms with Crippen LogP contribution in [-0.4, -0.2) is 11.2 Å². The second kappa shape index (κ2) is 3.13. The molecule has 13 heavy (non-hydrogen) atoms. The Morgan fingerprint density at radius 2 is 2.15 bits per heavy atom. The molecule has 0 aliphatic heterocycles. The van der Waals surface area contributed by atoms with Crippen molar-refractivity contribution in [2.24, 2.45) is 11.3 Å². The van der Waals surface area contributed by atoms with Crippen molar-refractivity contribution in [3.05, 3.63) is 11.6 Å². The van der Waals surface area contributed by atoms with Crippen LogP contribution in [0.3, 0.4) is 0 Å². The quantitative estimate of drug-likeness (QED) is 0.648. The van der Waals surface area contributed by atoms with E-state index in [0.29, 0.717) is 11.3 Å². The Morgan fingerprint density at radius 3 is 2.62 bits per heavy atom. The highest BCUT2D eigenvalue weighted by molar-refractivity contribution is 5.17. The average Bonchev–Trinajstić information content (AvgIpc) is 2.76. The third kappa shape index (κ3) is 1.80. The van der Waals surface area contributed by atoms with E-state index in [0.717, 1.165) is 6.42 Å². The Kier molecular flexibility index (Phi) is 2.23. The molecule has 1 heteroatoms. The molecule has 0 saturated heterocycles. The van der Waals surface area contributed by atoms with Gasteiger partial charge in [0.05, 0.1) is 6.10 Å². The van der Waals surface area contributed by atoms with Crippen LogP contribution in [0.15, 0.2) is 11.6 Å². The first-order valence-electron chi connectivity index (χ1n) is 5.48. The topological polar surface area (TPSA) is 20.2 Å². The van der Waals surface area contributed by atoms with Crippen molar-refractivity contribution in [3.63, 3.8) is 0 Å². The lowest BCUT2D eigenvalue weighted by Crippen LogP contribution is -2.17. The number of aliphatic hydroxyl groups excluding tert-OH is 1. The van der Waals surface area contributed by atoms with Gasteiger partial charge in [-0.1, -0.05) is 19.9 Å². The maximum Gasteiger partial charge on any atom is 0.0783 e. The van der Waals surface area contributed by atoms with E-state index in [1.54, 1.807) is 0 Å². The summed E-state index contributed by atoms with van der Waals surface area (Å²) in [6, 6.07) is 0. The average molecular weight is 180 g/mol. The van der Waals surface area contributed by atoms with Crippen molar-refractivity contribution in [2.45, 2.75) is 52.1 Å². The highest BCUT2D eigenvalue weighted by atomic mass is 16.3. The van der Waals surface area contributed by atoms with Gasteiger partial charge in [-0.3, -0.25) is 0 Å². The van der Waals surface area contributed by atoms with Crippen LogP contribution in [0.5, 0.6) is 0 Å². The second-order valence-electron chi connectivity index (χ2n) is 5.27. The summed E-state index contributed by atoms with van der Waals surface area (Å²) in [4.78, 5) is 0. The lowest BCUT2D eigenvalue weighted by Gasteiger charge is -2.19. The molecule has 2 unspecified atom stereocenters. The zero-order valence-corrected chi connectivity index (χ0v) is 8.71. The summed E-state index contributed by atoms with van der Waals surface area (Å²) in [5.41, 5.74) is 1.72. The first kappa shape index (κ1) is 9.26. The molecular formula is C12H20O. The normalized spacial score (nSPS) is 33.8. The minimum Gasteiger partial charge on any atom is -0.388 e. The van der Waals surface area contributed by atoms with Gasteiger partial charge in [-0.25, -0.2) is 0 Å². The molecule has 2 atom stereocenters. The maximum absolute atomic E-state index is 10.1. The van der Waals surface area contributed by atoms with Gasteiger partial charge in [-0.15, -0.1) is 0 Å². The smallest absolute Gasteiger partial charge is 0.0783 e. The van der Waals surface area contributed by atoms with E-state index in [4.69, 9.17) is 0 Å². The van der Waals surface area contributed by atoms with Crippen LogP contribution in [0.1, 0.15) is 46.0 Å². The van der Waals surface area contributed by atoms with Gasteiger partial charge < -0.3 is 5.11 Å². The van der Waals surface area contributed by atoms with E-state index in [-0.39, 0.29) is 6.10 Å². The number of aliphatic hydroxyl groups is 1. The molecule has 0 spiro atoms. The molecule has 2 rings (SSSR count). The number of rotatable bonds is 2. The molecule has 0 bridgehead atoms. The number of hydrogen-bond donors (Lipinski definition) is 1. The Hall–Kier alpha value is -0.300. The minimum absolute atomic E-state index is 0.129. The van der Waals surface area contributed by atoms with Gasteiger partial charge in [0.1, 0.15) is 0 Å². The summed E-state index contributed by atoms with van der Waals surface area (Å²) in [7, 11) is 0. The highest BCUT2D eigenvalue weighted by Gasteiger charge is 2.50. The molecule has 0 aromatic rings. The van der Waals surface area contributed by atoms with Crippen molar-refractivity contribution < 1.29 is 5.11 Å². The molecule has 0 aromatic carbocycles. The van der Waals surface area contributed by atoms with Crippen LogP contribution in [0.2, 0.25) is 0 Å². The van der Waals surface area contributed by atoms with E-state index in [1.165, 1.54) is 31.3 Å². The molecule has 1 saturated carbocycles. The van der Waals surface area contributed by atoms with Crippen LogP contribution >= 0.6 is 0 Å². The Bertz CT molecular complexity index is 227. The molecule has 74 valence electrons. The van der Waals surface area contributed by atoms with Gasteiger partial charge in [0.2, 0.25) is 0 Å². The van der Waals surface area contributed by atoms with E-state index in [9.17, 15) is 5.11 Å². The molecule has 0 amide bonds. The van der Waals surface area contributed by atoms with Gasteiger partial charge in [0.25, 0.3) is 0 Å². The fourth-order valence-electron chi connectivity index (χ4n) is 2.44. The second-order valence-corrected chi connectivity index (χ2v) is 5.27. The lowest BCUT2D eigenvalue weighted by atomic mass is 9.91. The molecule has 1 nitrogen and oxygen atoms in total. The number of allylic oxidation sites excluding steroid dienone is 1. The Balaban J connectivity index is 1.97. The van der Waals surface area contributed by atoms with Gasteiger partial charge in [-0.2, -0.15) is 0 Å². The molecular weight excluding hydrogens is 160 g/mol. The molecule has 0 radical (unpaired) electrons. The summed E-state index contributed by atoms with van der Waals surface area (Å²) < 4.78 is 0. The molecule has 2 aliphatic rings. The van der Waals surface area contributed by atoms with E-state index in [1.807, 2.05) is 0 Å². The van der Waals surface area contributed by atoms with Crippen LogP contribution in [0.25, 0.3) is 0 Å². The first-order chi connectivity index (χ1) is 6.11. The summed E-state index contributed by atoms with van der Waals surface area (Å²) in [6.45, 7) is 4.51. The zero-order chi connectivity index (χ0) is 9.47. The molecule has 2 aliphatic carbocycles. The summed E-state index contributed by atoms with van der Waals surface area (Å²) in [6.07, 6.45) is 8.23. The van der Waals surface area contributed by atoms with E-state index < -0.39 is 0 Å². The van der Waals surface area contributed by atoms with Crippen LogP contribution in [0.4, 0.5) is 0 Å². The molecule has 0 heterocycles. The van der Waals surface area contributed by atoms with Crippen molar-refractivity contribution >= 4 is 0 Å². The standard InChI is InChI=1S/C12H20O/c1-12(2)8-10(12)11(13)9-6-4-3-5-7-9/h6,10-11,13H,3-5,7-8H2,1-2H3. The molecule has 0 aromatic heterocycles. The van der Waals surface area contributed by atoms with Gasteiger partial charge in [-0.05, 0) is 49.0 Å². The number of hydrogen-bond acceptors (Lipinski definition) is 1. The Labute approximate surface area is 80.8 Å². The van der Waals surface area contributed by atoms with Crippen molar-refractivity contribution in [1.29, 1.82) is 0 Å². The van der Waals surface area contributed by atoms with E-state index >= 15 is 0 Å². The first-order valence-corrected chi connectivity index (χ1v) is 5.48. The van der Waals surface area contributed by atoms with Gasteiger partial charge in [0, 0.05) is 0 Å². The van der Waals surface area contributed by atoms with Gasteiger partial charge in [0.15, 0.2) is 0 Å². The van der Waals surface area contributed by atoms with Crippen molar-refractivity contribution in [3.8, 4) is 0 Å². The highest BCUT2D eigenvalue weighted by Crippen LogP contribution is 2.55. The summed E-state index contributed by atoms with van der Waals surface area (Å²) in [5, 5.41) is 10.1. The zero-order valence-electron chi connectivity index (χ0n) is 8.71. The van der Waals surface area contributed by atoms with Crippen LogP contribution in [-0.2, 0) is 0 Å². The predicted molar refractivity (Wildman–Crippen MR) is 54.4 cm³/mol. The van der Waals surface area contributed by atoms with E-state index in [2.05, 4.69) is 19.9 Å². The van der Waals surface area contributed by atoms with Gasteiger partial charge >= 0.3 is 0 Å². The fraction of sp³-hybridized carbons (Fsp3) is 0.833. The maximum atomic E-state index is 10.1. The molecule has 1 fully saturated rings. The monoisotopic (exact) mass is 180 g/mol. The van der Waals surface area contributed by atoms with Crippen molar-refractivity contribution in [2.75, 3.05) is 0 Å². The van der Waals surface area contributed by atoms with Crippen molar-refractivity contribution in [1.82, 2.24) is 0 Å². The Morgan fingerprint density at radius 1 is 1.46 bits per heavy atom. The lowest BCUT2D eigenvalue weighted by molar-refractivity contribution is 0.165. The third-order valence-electron chi connectivity index (χ3n) is 3.68. The minimum atomic E-state index is -0.129. The SMILES string of the molecule is CC1(C)CC1C(O)C1=CCCCC1.